The Bertz CT molecular complexity index is 838. The molecule has 1 aliphatic rings. The minimum absolute atomic E-state index is 0.213. The zero-order chi connectivity index (χ0) is 31.0. The highest BCUT2D eigenvalue weighted by Gasteiger charge is 2.44. The number of ether oxygens (including phenoxy) is 2. The van der Waals surface area contributed by atoms with Gasteiger partial charge >= 0.3 is 0 Å². The zero-order valence-electron chi connectivity index (χ0n) is 25.5. The Labute approximate surface area is 252 Å². The van der Waals surface area contributed by atoms with Crippen molar-refractivity contribution in [2.45, 2.75) is 127 Å². The number of rotatable bonds is 22. The lowest BCUT2D eigenvalue weighted by atomic mass is 9.99. The van der Waals surface area contributed by atoms with Crippen LogP contribution in [0.1, 0.15) is 84.5 Å². The summed E-state index contributed by atoms with van der Waals surface area (Å²) in [6, 6.07) is -0.822. The van der Waals surface area contributed by atoms with Crippen LogP contribution in [0.15, 0.2) is 60.8 Å². The summed E-state index contributed by atoms with van der Waals surface area (Å²) in [5.41, 5.74) is 0. The summed E-state index contributed by atoms with van der Waals surface area (Å²) < 4.78 is 11.0. The molecule has 1 rings (SSSR count). The van der Waals surface area contributed by atoms with E-state index in [2.05, 4.69) is 67.8 Å². The fourth-order valence-corrected chi connectivity index (χ4v) is 4.25. The summed E-state index contributed by atoms with van der Waals surface area (Å²) in [5.74, 6) is -0.233. The van der Waals surface area contributed by atoms with E-state index in [0.717, 1.165) is 57.8 Å². The topological polar surface area (TPSA) is 149 Å². The monoisotopic (exact) mass is 593 g/mol. The zero-order valence-corrected chi connectivity index (χ0v) is 25.5. The Hall–Kier alpha value is -2.11. The van der Waals surface area contributed by atoms with Crippen LogP contribution in [0.3, 0.4) is 0 Å². The summed E-state index contributed by atoms with van der Waals surface area (Å²) in [7, 11) is 0. The van der Waals surface area contributed by atoms with Crippen molar-refractivity contribution >= 4 is 5.91 Å². The van der Waals surface area contributed by atoms with Gasteiger partial charge in [0, 0.05) is 6.42 Å². The number of carbonyl (C=O) groups is 1. The first kappa shape index (κ1) is 37.9. The number of allylic oxidation sites excluding steroid dienone is 9. The van der Waals surface area contributed by atoms with Gasteiger partial charge < -0.3 is 40.3 Å². The third-order valence-electron chi connectivity index (χ3n) is 6.85. The fourth-order valence-electron chi connectivity index (χ4n) is 4.25. The summed E-state index contributed by atoms with van der Waals surface area (Å²) in [4.78, 5) is 12.7. The Morgan fingerprint density at radius 2 is 1.45 bits per heavy atom. The molecule has 1 amide bonds. The number of carbonyl (C=O) groups excluding carboxylic acids is 1. The maximum atomic E-state index is 12.7. The number of unbranched alkanes of at least 4 members (excludes halogenated alkanes) is 4. The maximum Gasteiger partial charge on any atom is 0.220 e. The molecule has 42 heavy (non-hydrogen) atoms. The van der Waals surface area contributed by atoms with Crippen LogP contribution in [0.4, 0.5) is 0 Å². The molecule has 9 nitrogen and oxygen atoms in total. The minimum Gasteiger partial charge on any atom is -0.394 e. The number of hydrogen-bond acceptors (Lipinski definition) is 8. The molecule has 0 saturated carbocycles. The molecule has 0 radical (unpaired) electrons. The predicted molar refractivity (Wildman–Crippen MR) is 165 cm³/mol. The molecule has 1 aliphatic heterocycles. The van der Waals surface area contributed by atoms with Gasteiger partial charge in [-0.2, -0.15) is 0 Å². The van der Waals surface area contributed by atoms with Crippen molar-refractivity contribution in [3.8, 4) is 0 Å². The molecule has 9 heteroatoms. The number of aliphatic hydroxyl groups is 5. The molecule has 0 aromatic rings. The highest BCUT2D eigenvalue weighted by Crippen LogP contribution is 2.22. The van der Waals surface area contributed by atoms with E-state index < -0.39 is 49.5 Å². The SMILES string of the molecule is CC/C=C\C/C=C\C/C=C\C/C=C\CCCCC(=O)NC(COC1OC(CO)C(O)C(O)C1O)C(O)/C=C/CCCC. The van der Waals surface area contributed by atoms with Crippen molar-refractivity contribution in [3.63, 3.8) is 0 Å². The number of amides is 1. The minimum atomic E-state index is -1.57. The molecular weight excluding hydrogens is 538 g/mol. The van der Waals surface area contributed by atoms with Crippen LogP contribution in [0, 0.1) is 0 Å². The number of aliphatic hydroxyl groups excluding tert-OH is 5. The van der Waals surface area contributed by atoms with E-state index in [-0.39, 0.29) is 18.9 Å². The average molecular weight is 594 g/mol. The molecule has 7 unspecified atom stereocenters. The lowest BCUT2D eigenvalue weighted by Gasteiger charge is -2.40. The second kappa shape index (κ2) is 24.3. The third kappa shape index (κ3) is 16.5. The normalized spacial score (nSPS) is 25.0. The Kier molecular flexibility index (Phi) is 22.0. The standard InChI is InChI=1S/C33H55NO8/c1-3-5-7-9-10-11-12-13-14-15-16-17-18-19-21-23-29(37)34-26(27(36)22-20-8-6-4-2)25-41-33-32(40)31(39)30(38)28(24-35)42-33/h5,7,10-11,13-14,16-17,20,22,26-28,30-33,35-36,38-40H,3-4,6,8-9,12,15,18-19,21,23-25H2,1-2H3,(H,34,37)/b7-5-,11-10-,14-13-,17-16-,22-20+. The molecule has 1 saturated heterocycles. The van der Waals surface area contributed by atoms with Crippen molar-refractivity contribution in [2.24, 2.45) is 0 Å². The van der Waals surface area contributed by atoms with Crippen molar-refractivity contribution in [2.75, 3.05) is 13.2 Å². The summed E-state index contributed by atoms with van der Waals surface area (Å²) >= 11 is 0. The Balaban J connectivity index is 2.47. The van der Waals surface area contributed by atoms with Crippen LogP contribution in [-0.4, -0.2) is 87.5 Å². The number of hydrogen-bond donors (Lipinski definition) is 6. The highest BCUT2D eigenvalue weighted by atomic mass is 16.7. The summed E-state index contributed by atoms with van der Waals surface area (Å²) in [6.07, 6.45) is 21.9. The largest absolute Gasteiger partial charge is 0.394 e. The molecular formula is C33H55NO8. The lowest BCUT2D eigenvalue weighted by molar-refractivity contribution is -0.302. The van der Waals surface area contributed by atoms with Crippen molar-refractivity contribution in [3.05, 3.63) is 60.8 Å². The van der Waals surface area contributed by atoms with Crippen LogP contribution in [-0.2, 0) is 14.3 Å². The maximum absolute atomic E-state index is 12.7. The van der Waals surface area contributed by atoms with E-state index in [1.54, 1.807) is 6.08 Å². The molecule has 1 heterocycles. The van der Waals surface area contributed by atoms with Crippen LogP contribution in [0.5, 0.6) is 0 Å². The average Bonchev–Trinajstić information content (AvgIpc) is 2.98. The fraction of sp³-hybridized carbons (Fsp3) is 0.667. The third-order valence-corrected chi connectivity index (χ3v) is 6.85. The van der Waals surface area contributed by atoms with E-state index in [4.69, 9.17) is 9.47 Å². The van der Waals surface area contributed by atoms with Gasteiger partial charge in [-0.3, -0.25) is 4.79 Å². The highest BCUT2D eigenvalue weighted by molar-refractivity contribution is 5.76. The summed E-state index contributed by atoms with van der Waals surface area (Å²) in [6.45, 7) is 3.41. The van der Waals surface area contributed by atoms with Crippen LogP contribution in [0.25, 0.3) is 0 Å². The van der Waals surface area contributed by atoms with Gasteiger partial charge in [-0.05, 0) is 51.4 Å². The van der Waals surface area contributed by atoms with E-state index in [0.29, 0.717) is 6.42 Å². The lowest BCUT2D eigenvalue weighted by Crippen LogP contribution is -2.60. The van der Waals surface area contributed by atoms with Gasteiger partial charge in [0.1, 0.15) is 24.4 Å². The summed E-state index contributed by atoms with van der Waals surface area (Å²) in [5, 5.41) is 53.1. The molecule has 0 aromatic heterocycles. The molecule has 0 aliphatic carbocycles. The van der Waals surface area contributed by atoms with E-state index in [1.165, 1.54) is 0 Å². The van der Waals surface area contributed by atoms with Gasteiger partial charge in [0.2, 0.25) is 5.91 Å². The van der Waals surface area contributed by atoms with Crippen LogP contribution < -0.4 is 5.32 Å². The van der Waals surface area contributed by atoms with Gasteiger partial charge in [0.05, 0.1) is 25.4 Å². The van der Waals surface area contributed by atoms with Crippen LogP contribution in [0.2, 0.25) is 0 Å². The van der Waals surface area contributed by atoms with E-state index in [1.807, 2.05) is 6.08 Å². The van der Waals surface area contributed by atoms with Gasteiger partial charge in [0.25, 0.3) is 0 Å². The van der Waals surface area contributed by atoms with Gasteiger partial charge in [-0.25, -0.2) is 0 Å². The molecule has 0 bridgehead atoms. The second-order valence-corrected chi connectivity index (χ2v) is 10.5. The molecule has 0 aromatic carbocycles. The van der Waals surface area contributed by atoms with Gasteiger partial charge in [0.15, 0.2) is 6.29 Å². The van der Waals surface area contributed by atoms with Crippen molar-refractivity contribution in [1.82, 2.24) is 5.32 Å². The molecule has 0 spiro atoms. The molecule has 240 valence electrons. The first-order valence-electron chi connectivity index (χ1n) is 15.5. The molecule has 7 atom stereocenters. The van der Waals surface area contributed by atoms with Crippen molar-refractivity contribution < 1.29 is 39.8 Å². The second-order valence-electron chi connectivity index (χ2n) is 10.5. The smallest absolute Gasteiger partial charge is 0.220 e. The predicted octanol–water partition coefficient (Wildman–Crippen LogP) is 3.76. The first-order chi connectivity index (χ1) is 20.3. The Morgan fingerprint density at radius 1 is 0.833 bits per heavy atom. The van der Waals surface area contributed by atoms with Crippen molar-refractivity contribution in [1.29, 1.82) is 0 Å². The van der Waals surface area contributed by atoms with Gasteiger partial charge in [-0.15, -0.1) is 0 Å². The van der Waals surface area contributed by atoms with Gasteiger partial charge in [-0.1, -0.05) is 87.4 Å². The first-order valence-corrected chi connectivity index (χ1v) is 15.5. The quantitative estimate of drug-likeness (QED) is 0.0821. The van der Waals surface area contributed by atoms with Crippen LogP contribution >= 0.6 is 0 Å². The molecule has 6 N–H and O–H groups in total. The number of nitrogens with one attached hydrogen (secondary N) is 1. The Morgan fingerprint density at radius 3 is 2.07 bits per heavy atom. The van der Waals surface area contributed by atoms with E-state index in [9.17, 15) is 30.3 Å². The molecule has 1 fully saturated rings. The van der Waals surface area contributed by atoms with E-state index >= 15 is 0 Å².